The van der Waals surface area contributed by atoms with Crippen LogP contribution in [0.2, 0.25) is 0 Å². The molecule has 0 saturated carbocycles. The Morgan fingerprint density at radius 2 is 1.89 bits per heavy atom. The predicted molar refractivity (Wildman–Crippen MR) is 112 cm³/mol. The molecule has 146 valence electrons. The van der Waals surface area contributed by atoms with Crippen molar-refractivity contribution in [1.29, 1.82) is 0 Å². The quantitative estimate of drug-likeness (QED) is 0.671. The van der Waals surface area contributed by atoms with E-state index in [0.29, 0.717) is 33.5 Å². The molecule has 0 aliphatic heterocycles. The molecule has 0 bridgehead atoms. The number of methoxy groups -OCH3 is 3. The van der Waals surface area contributed by atoms with E-state index >= 15 is 0 Å². The van der Waals surface area contributed by atoms with Gasteiger partial charge in [-0.15, -0.1) is 11.3 Å². The number of aromatic nitrogens is 2. The molecule has 6 nitrogen and oxygen atoms in total. The van der Waals surface area contributed by atoms with Crippen LogP contribution in [0.15, 0.2) is 16.9 Å². The Balaban J connectivity index is 1.78. The summed E-state index contributed by atoms with van der Waals surface area (Å²) in [5, 5.41) is 1.03. The maximum Gasteiger partial charge on any atom is 0.260 e. The first-order valence-electron chi connectivity index (χ1n) is 8.77. The van der Waals surface area contributed by atoms with Crippen molar-refractivity contribution in [3.05, 3.63) is 44.3 Å². The average molecular weight is 419 g/mol. The minimum Gasteiger partial charge on any atom is -0.493 e. The standard InChI is InChI=1S/C20H19ClN2O4S/c1-25-13-8-10(9-14(26-2)17(13)27-3)7-12(21)18-22-19(24)16-11-5-4-6-15(11)28-20(16)23-18/h7-9H,4-6H2,1-3H3,(H,22,23,24)/b12-7-. The first kappa shape index (κ1) is 18.8. The zero-order valence-corrected chi connectivity index (χ0v) is 17.3. The Morgan fingerprint density at radius 1 is 1.18 bits per heavy atom. The normalized spacial score (nSPS) is 13.6. The molecule has 0 spiro atoms. The van der Waals surface area contributed by atoms with Gasteiger partial charge in [0.1, 0.15) is 4.83 Å². The number of aryl methyl sites for hydroxylation is 2. The summed E-state index contributed by atoms with van der Waals surface area (Å²) < 4.78 is 16.1. The van der Waals surface area contributed by atoms with E-state index in [-0.39, 0.29) is 5.56 Å². The van der Waals surface area contributed by atoms with Crippen molar-refractivity contribution in [2.45, 2.75) is 19.3 Å². The second kappa shape index (κ2) is 7.48. The minimum absolute atomic E-state index is 0.143. The lowest BCUT2D eigenvalue weighted by Crippen LogP contribution is -2.10. The van der Waals surface area contributed by atoms with E-state index in [2.05, 4.69) is 9.97 Å². The number of nitrogens with one attached hydrogen (secondary N) is 1. The van der Waals surface area contributed by atoms with Crippen molar-refractivity contribution in [3.63, 3.8) is 0 Å². The Hall–Kier alpha value is -2.51. The molecule has 8 heteroatoms. The fraction of sp³-hybridized carbons (Fsp3) is 0.300. The highest BCUT2D eigenvalue weighted by molar-refractivity contribution is 7.18. The van der Waals surface area contributed by atoms with Crippen LogP contribution in [0.4, 0.5) is 0 Å². The van der Waals surface area contributed by atoms with Crippen molar-refractivity contribution < 1.29 is 14.2 Å². The zero-order valence-electron chi connectivity index (χ0n) is 15.7. The van der Waals surface area contributed by atoms with Gasteiger partial charge in [0.25, 0.3) is 5.56 Å². The third-order valence-electron chi connectivity index (χ3n) is 4.78. The van der Waals surface area contributed by atoms with E-state index in [9.17, 15) is 4.79 Å². The molecule has 0 radical (unpaired) electrons. The topological polar surface area (TPSA) is 73.4 Å². The molecule has 0 atom stereocenters. The van der Waals surface area contributed by atoms with Gasteiger partial charge in [-0.1, -0.05) is 11.6 Å². The van der Waals surface area contributed by atoms with Crippen LogP contribution >= 0.6 is 22.9 Å². The molecule has 1 aliphatic carbocycles. The fourth-order valence-electron chi connectivity index (χ4n) is 3.51. The number of benzene rings is 1. The minimum atomic E-state index is -0.143. The summed E-state index contributed by atoms with van der Waals surface area (Å²) in [5.41, 5.74) is 1.73. The Morgan fingerprint density at radius 3 is 2.54 bits per heavy atom. The van der Waals surface area contributed by atoms with Gasteiger partial charge >= 0.3 is 0 Å². The summed E-state index contributed by atoms with van der Waals surface area (Å²) >= 11 is 8.07. The van der Waals surface area contributed by atoms with Gasteiger partial charge in [-0.2, -0.15) is 0 Å². The van der Waals surface area contributed by atoms with Crippen molar-refractivity contribution in [2.24, 2.45) is 0 Å². The second-order valence-corrected chi connectivity index (χ2v) is 7.89. The summed E-state index contributed by atoms with van der Waals surface area (Å²) in [7, 11) is 4.65. The molecule has 1 N–H and O–H groups in total. The summed E-state index contributed by atoms with van der Waals surface area (Å²) in [4.78, 5) is 22.0. The van der Waals surface area contributed by atoms with Gasteiger partial charge in [0, 0.05) is 4.88 Å². The number of hydrogen-bond donors (Lipinski definition) is 1. The molecule has 0 saturated heterocycles. The number of fused-ring (bicyclic) bond motifs is 3. The monoisotopic (exact) mass is 418 g/mol. The maximum atomic E-state index is 12.6. The second-order valence-electron chi connectivity index (χ2n) is 6.40. The lowest BCUT2D eigenvalue weighted by Gasteiger charge is -2.13. The van der Waals surface area contributed by atoms with E-state index in [1.807, 2.05) is 0 Å². The number of halogens is 1. The molecule has 0 fully saturated rings. The number of hydrogen-bond acceptors (Lipinski definition) is 6. The molecule has 2 heterocycles. The van der Waals surface area contributed by atoms with Gasteiger partial charge in [0.15, 0.2) is 17.3 Å². The van der Waals surface area contributed by atoms with Crippen LogP contribution in [0.1, 0.15) is 28.2 Å². The highest BCUT2D eigenvalue weighted by Crippen LogP contribution is 2.39. The van der Waals surface area contributed by atoms with Gasteiger partial charge in [-0.25, -0.2) is 4.98 Å². The SMILES string of the molecule is COc1cc(/C=C(\Cl)c2nc3sc4c(c3c(=O)[nH]2)CCC4)cc(OC)c1OC. The van der Waals surface area contributed by atoms with E-state index in [0.717, 1.165) is 35.2 Å². The molecule has 28 heavy (non-hydrogen) atoms. The number of aromatic amines is 1. The highest BCUT2D eigenvalue weighted by atomic mass is 35.5. The number of nitrogens with zero attached hydrogens (tertiary/aromatic N) is 1. The summed E-state index contributed by atoms with van der Waals surface area (Å²) in [5.74, 6) is 1.88. The number of thiophene rings is 1. The van der Waals surface area contributed by atoms with E-state index in [4.69, 9.17) is 25.8 Å². The first-order valence-corrected chi connectivity index (χ1v) is 9.97. The van der Waals surface area contributed by atoms with Crippen molar-refractivity contribution in [1.82, 2.24) is 9.97 Å². The zero-order chi connectivity index (χ0) is 19.8. The molecular weight excluding hydrogens is 400 g/mol. The molecule has 3 aromatic rings. The lowest BCUT2D eigenvalue weighted by atomic mass is 10.1. The summed E-state index contributed by atoms with van der Waals surface area (Å²) in [6.07, 6.45) is 4.76. The molecule has 1 aliphatic rings. The van der Waals surface area contributed by atoms with Crippen molar-refractivity contribution >= 4 is 44.3 Å². The number of H-pyrrole nitrogens is 1. The third kappa shape index (κ3) is 3.14. The van der Waals surface area contributed by atoms with Crippen LogP contribution in [0.5, 0.6) is 17.2 Å². The third-order valence-corrected chi connectivity index (χ3v) is 6.26. The van der Waals surface area contributed by atoms with Crippen LogP contribution < -0.4 is 19.8 Å². The number of rotatable bonds is 5. The van der Waals surface area contributed by atoms with Gasteiger partial charge in [-0.05, 0) is 48.6 Å². The first-order chi connectivity index (χ1) is 13.5. The predicted octanol–water partition coefficient (Wildman–Crippen LogP) is 4.24. The Bertz CT molecular complexity index is 1120. The van der Waals surface area contributed by atoms with Crippen LogP contribution in [-0.4, -0.2) is 31.3 Å². The van der Waals surface area contributed by atoms with E-state index < -0.39 is 0 Å². The number of ether oxygens (including phenoxy) is 3. The summed E-state index contributed by atoms with van der Waals surface area (Å²) in [6.45, 7) is 0. The fourth-order valence-corrected chi connectivity index (χ4v) is 4.99. The maximum absolute atomic E-state index is 12.6. The molecular formula is C20H19ClN2O4S. The van der Waals surface area contributed by atoms with Crippen molar-refractivity contribution in [2.75, 3.05) is 21.3 Å². The van der Waals surface area contributed by atoms with Crippen LogP contribution in [-0.2, 0) is 12.8 Å². The van der Waals surface area contributed by atoms with Gasteiger partial charge in [-0.3, -0.25) is 4.79 Å². The van der Waals surface area contributed by atoms with Gasteiger partial charge < -0.3 is 19.2 Å². The Labute approximate surface area is 170 Å². The Kier molecular flexibility index (Phi) is 5.03. The van der Waals surface area contributed by atoms with Crippen LogP contribution in [0.25, 0.3) is 21.3 Å². The summed E-state index contributed by atoms with van der Waals surface area (Å²) in [6, 6.07) is 3.56. The molecule has 0 amide bonds. The van der Waals surface area contributed by atoms with E-state index in [1.54, 1.807) is 50.9 Å². The van der Waals surface area contributed by atoms with E-state index in [1.165, 1.54) is 4.88 Å². The molecule has 2 aromatic heterocycles. The molecule has 0 unspecified atom stereocenters. The van der Waals surface area contributed by atoms with Crippen molar-refractivity contribution in [3.8, 4) is 17.2 Å². The highest BCUT2D eigenvalue weighted by Gasteiger charge is 2.21. The van der Waals surface area contributed by atoms with Crippen LogP contribution in [0, 0.1) is 0 Å². The molecule has 4 rings (SSSR count). The smallest absolute Gasteiger partial charge is 0.260 e. The average Bonchev–Trinajstić information content (AvgIpc) is 3.27. The lowest BCUT2D eigenvalue weighted by molar-refractivity contribution is 0.324. The van der Waals surface area contributed by atoms with Gasteiger partial charge in [0.2, 0.25) is 5.75 Å². The van der Waals surface area contributed by atoms with Crippen LogP contribution in [0.3, 0.4) is 0 Å². The largest absolute Gasteiger partial charge is 0.493 e. The molecule has 1 aromatic carbocycles. The van der Waals surface area contributed by atoms with Gasteiger partial charge in [0.05, 0.1) is 31.7 Å².